The third-order valence-corrected chi connectivity index (χ3v) is 4.21. The summed E-state index contributed by atoms with van der Waals surface area (Å²) in [4.78, 5) is 8.24. The van der Waals surface area contributed by atoms with Crippen LogP contribution in [-0.2, 0) is 0 Å². The van der Waals surface area contributed by atoms with Crippen LogP contribution < -0.4 is 5.73 Å². The summed E-state index contributed by atoms with van der Waals surface area (Å²) in [6.07, 6.45) is 6.53. The van der Waals surface area contributed by atoms with Crippen molar-refractivity contribution >= 4 is 11.6 Å². The van der Waals surface area contributed by atoms with Crippen LogP contribution in [0.15, 0.2) is 61.3 Å². The van der Waals surface area contributed by atoms with Gasteiger partial charge in [-0.1, -0.05) is 0 Å². The van der Waals surface area contributed by atoms with E-state index in [9.17, 15) is 4.39 Å². The van der Waals surface area contributed by atoms with Crippen LogP contribution in [0.2, 0.25) is 0 Å². The number of halogens is 1. The minimum Gasteiger partial charge on any atom is -0.368 e. The molecule has 5 aromatic rings. The highest BCUT2D eigenvalue weighted by Gasteiger charge is 2.17. The molecule has 2 N–H and O–H groups in total. The number of anilines is 1. The van der Waals surface area contributed by atoms with Gasteiger partial charge in [-0.2, -0.15) is 14.7 Å². The van der Waals surface area contributed by atoms with E-state index in [4.69, 9.17) is 10.8 Å². The molecule has 0 atom stereocenters. The zero-order valence-corrected chi connectivity index (χ0v) is 14.3. The van der Waals surface area contributed by atoms with Gasteiger partial charge in [-0.25, -0.2) is 19.0 Å². The molecule has 0 amide bonds. The van der Waals surface area contributed by atoms with Crippen molar-refractivity contribution in [1.82, 2.24) is 39.6 Å². The second-order valence-corrected chi connectivity index (χ2v) is 5.96. The molecule has 0 bridgehead atoms. The van der Waals surface area contributed by atoms with Gasteiger partial charge >= 0.3 is 0 Å². The maximum Gasteiger partial charge on any atom is 0.220 e. The highest BCUT2D eigenvalue weighted by Crippen LogP contribution is 2.31. The minimum atomic E-state index is -0.324. The Hall–Kier alpha value is -4.21. The first kappa shape index (κ1) is 16.0. The number of aromatic nitrogens is 8. The van der Waals surface area contributed by atoms with Gasteiger partial charge in [0.05, 0.1) is 11.9 Å². The van der Waals surface area contributed by atoms with Gasteiger partial charge in [0.15, 0.2) is 0 Å². The van der Waals surface area contributed by atoms with Gasteiger partial charge in [-0.15, -0.1) is 10.2 Å². The lowest BCUT2D eigenvalue weighted by Crippen LogP contribution is -2.00. The number of fused-ring (bicyclic) bond motifs is 1. The Morgan fingerprint density at radius 3 is 2.68 bits per heavy atom. The van der Waals surface area contributed by atoms with Crippen LogP contribution >= 0.6 is 0 Å². The van der Waals surface area contributed by atoms with Crippen molar-refractivity contribution < 1.29 is 4.39 Å². The number of benzene rings is 1. The molecule has 0 unspecified atom stereocenters. The highest BCUT2D eigenvalue weighted by molar-refractivity contribution is 5.79. The molecule has 9 nitrogen and oxygen atoms in total. The third-order valence-electron chi connectivity index (χ3n) is 4.21. The predicted molar refractivity (Wildman–Crippen MR) is 98.7 cm³/mol. The minimum absolute atomic E-state index is 0.152. The van der Waals surface area contributed by atoms with Crippen LogP contribution in [0.3, 0.4) is 0 Å². The van der Waals surface area contributed by atoms with E-state index in [1.165, 1.54) is 18.5 Å². The Labute approximate surface area is 157 Å². The zero-order chi connectivity index (χ0) is 19.1. The van der Waals surface area contributed by atoms with Crippen molar-refractivity contribution in [3.8, 4) is 28.2 Å². The monoisotopic (exact) mass is 373 g/mol. The van der Waals surface area contributed by atoms with E-state index in [0.29, 0.717) is 22.7 Å². The fourth-order valence-electron chi connectivity index (χ4n) is 2.94. The van der Waals surface area contributed by atoms with Crippen molar-refractivity contribution in [2.75, 3.05) is 5.73 Å². The molecular formula is C18H12FN9. The Bertz CT molecular complexity index is 1290. The average molecular weight is 373 g/mol. The molecule has 4 heterocycles. The van der Waals surface area contributed by atoms with E-state index in [2.05, 4.69) is 25.3 Å². The molecule has 0 aliphatic heterocycles. The molecule has 0 saturated heterocycles. The first-order valence-electron chi connectivity index (χ1n) is 8.29. The van der Waals surface area contributed by atoms with Crippen molar-refractivity contribution in [3.63, 3.8) is 0 Å². The smallest absolute Gasteiger partial charge is 0.220 e. The normalized spacial score (nSPS) is 11.2. The molecule has 0 radical (unpaired) electrons. The van der Waals surface area contributed by atoms with Gasteiger partial charge in [0.2, 0.25) is 11.6 Å². The molecule has 4 aromatic heterocycles. The van der Waals surface area contributed by atoms with Gasteiger partial charge in [0.1, 0.15) is 23.5 Å². The first-order valence-corrected chi connectivity index (χ1v) is 8.29. The van der Waals surface area contributed by atoms with E-state index < -0.39 is 0 Å². The number of nitrogen functional groups attached to an aromatic ring is 1. The quantitative estimate of drug-likeness (QED) is 0.515. The lowest BCUT2D eigenvalue weighted by Gasteiger charge is -2.02. The van der Waals surface area contributed by atoms with Gasteiger partial charge in [-0.05, 0) is 36.4 Å². The third kappa shape index (κ3) is 2.63. The fraction of sp³-hybridized carbons (Fsp3) is 0. The molecule has 0 saturated carbocycles. The van der Waals surface area contributed by atoms with Gasteiger partial charge in [0, 0.05) is 23.5 Å². The van der Waals surface area contributed by atoms with Crippen LogP contribution in [0, 0.1) is 5.82 Å². The average Bonchev–Trinajstić information content (AvgIpc) is 3.36. The lowest BCUT2D eigenvalue weighted by atomic mass is 10.1. The van der Waals surface area contributed by atoms with Crippen molar-refractivity contribution in [3.05, 3.63) is 67.1 Å². The SMILES string of the molecule is Nc1nccc(-c2cn(-c3ccnn4cnnc34)nc2-c2ccc(F)cc2)n1. The van der Waals surface area contributed by atoms with Crippen LogP contribution in [0.25, 0.3) is 33.8 Å². The predicted octanol–water partition coefficient (Wildman–Crippen LogP) is 2.16. The summed E-state index contributed by atoms with van der Waals surface area (Å²) in [5.41, 5.74) is 9.66. The number of nitrogens with zero attached hydrogens (tertiary/aromatic N) is 8. The van der Waals surface area contributed by atoms with Crippen LogP contribution in [-0.4, -0.2) is 39.6 Å². The van der Waals surface area contributed by atoms with Crippen molar-refractivity contribution in [1.29, 1.82) is 0 Å². The number of hydrogen-bond acceptors (Lipinski definition) is 7. The second kappa shape index (κ2) is 6.20. The Morgan fingerprint density at radius 2 is 1.86 bits per heavy atom. The maximum atomic E-state index is 13.4. The largest absolute Gasteiger partial charge is 0.368 e. The second-order valence-electron chi connectivity index (χ2n) is 5.96. The Kier molecular flexibility index (Phi) is 3.54. The fourth-order valence-corrected chi connectivity index (χ4v) is 2.94. The molecule has 0 aliphatic rings. The summed E-state index contributed by atoms with van der Waals surface area (Å²) in [7, 11) is 0. The van der Waals surface area contributed by atoms with Gasteiger partial charge in [-0.3, -0.25) is 0 Å². The Morgan fingerprint density at radius 1 is 1.00 bits per heavy atom. The molecule has 10 heteroatoms. The molecular weight excluding hydrogens is 361 g/mol. The van der Waals surface area contributed by atoms with Crippen molar-refractivity contribution in [2.45, 2.75) is 0 Å². The zero-order valence-electron chi connectivity index (χ0n) is 14.3. The molecule has 0 spiro atoms. The summed E-state index contributed by atoms with van der Waals surface area (Å²) < 4.78 is 16.6. The molecule has 5 rings (SSSR count). The van der Waals surface area contributed by atoms with E-state index in [1.807, 2.05) is 6.20 Å². The van der Waals surface area contributed by atoms with Crippen molar-refractivity contribution in [2.24, 2.45) is 0 Å². The topological polar surface area (TPSA) is 113 Å². The molecule has 0 fully saturated rings. The first-order chi connectivity index (χ1) is 13.7. The summed E-state index contributed by atoms with van der Waals surface area (Å²) in [5, 5.41) is 16.9. The van der Waals surface area contributed by atoms with E-state index in [-0.39, 0.29) is 11.8 Å². The van der Waals surface area contributed by atoms with Gasteiger partial charge in [0.25, 0.3) is 0 Å². The summed E-state index contributed by atoms with van der Waals surface area (Å²) >= 11 is 0. The number of nitrogens with two attached hydrogens (primary N) is 1. The van der Waals surface area contributed by atoms with E-state index >= 15 is 0 Å². The standard InChI is InChI=1S/C18H12FN9/c19-12-3-1-11(2-4-12)16-13(14-5-7-21-18(20)24-14)9-27(26-16)15-6-8-23-28-10-22-25-17(15)28/h1-10H,(H2,20,21,24). The number of rotatable bonds is 3. The van der Waals surface area contributed by atoms with Crippen LogP contribution in [0.1, 0.15) is 0 Å². The van der Waals surface area contributed by atoms with E-state index in [1.54, 1.807) is 45.9 Å². The van der Waals surface area contributed by atoms with Crippen LogP contribution in [0.4, 0.5) is 10.3 Å². The lowest BCUT2D eigenvalue weighted by molar-refractivity contribution is 0.628. The highest BCUT2D eigenvalue weighted by atomic mass is 19.1. The molecule has 0 aliphatic carbocycles. The maximum absolute atomic E-state index is 13.4. The summed E-state index contributed by atoms with van der Waals surface area (Å²) in [5.74, 6) is -0.172. The summed E-state index contributed by atoms with van der Waals surface area (Å²) in [6.45, 7) is 0. The van der Waals surface area contributed by atoms with Crippen LogP contribution in [0.5, 0.6) is 0 Å². The molecule has 1 aromatic carbocycles. The van der Waals surface area contributed by atoms with E-state index in [0.717, 1.165) is 11.1 Å². The summed E-state index contributed by atoms with van der Waals surface area (Å²) in [6, 6.07) is 9.61. The number of hydrogen-bond donors (Lipinski definition) is 1. The Balaban J connectivity index is 1.75. The molecule has 136 valence electrons. The van der Waals surface area contributed by atoms with Gasteiger partial charge < -0.3 is 5.73 Å². The molecule has 28 heavy (non-hydrogen) atoms.